The minimum atomic E-state index is 0.436. The van der Waals surface area contributed by atoms with Crippen molar-refractivity contribution in [2.24, 2.45) is 0 Å². The van der Waals surface area contributed by atoms with Crippen LogP contribution in [0.2, 0.25) is 5.02 Å². The molecule has 0 saturated heterocycles. The first-order valence-corrected chi connectivity index (χ1v) is 7.17. The minimum Gasteiger partial charge on any atom is -0.487 e. The zero-order valence-electron chi connectivity index (χ0n) is 12.2. The molecule has 4 heteroatoms. The van der Waals surface area contributed by atoms with Crippen molar-refractivity contribution in [2.75, 3.05) is 5.32 Å². The summed E-state index contributed by atoms with van der Waals surface area (Å²) in [6.07, 6.45) is 1.77. The van der Waals surface area contributed by atoms with Gasteiger partial charge in [0.25, 0.3) is 0 Å². The number of hydrogen-bond donors (Lipinski definition) is 1. The van der Waals surface area contributed by atoms with Crippen molar-refractivity contribution >= 4 is 23.1 Å². The molecule has 1 aromatic carbocycles. The fraction of sp³-hybridized carbons (Fsp3) is 0.312. The van der Waals surface area contributed by atoms with Crippen LogP contribution in [0.5, 0.6) is 5.75 Å². The lowest BCUT2D eigenvalue weighted by Crippen LogP contribution is -1.99. The highest BCUT2D eigenvalue weighted by atomic mass is 35.5. The SMILES string of the molecule is CC.Cc1ccc2c(c1)Nc1ncc(C)c(Cl)c1CO2. The summed E-state index contributed by atoms with van der Waals surface area (Å²) >= 11 is 6.30. The Morgan fingerprint density at radius 3 is 2.75 bits per heavy atom. The van der Waals surface area contributed by atoms with Crippen LogP contribution in [0.1, 0.15) is 30.5 Å². The van der Waals surface area contributed by atoms with Crippen LogP contribution in [0.4, 0.5) is 11.5 Å². The predicted molar refractivity (Wildman–Crippen MR) is 84.1 cm³/mol. The Hall–Kier alpha value is -1.74. The smallest absolute Gasteiger partial charge is 0.143 e. The largest absolute Gasteiger partial charge is 0.487 e. The molecule has 0 aliphatic carbocycles. The maximum Gasteiger partial charge on any atom is 0.143 e. The summed E-state index contributed by atoms with van der Waals surface area (Å²) in [5, 5.41) is 4.01. The second-order valence-corrected chi connectivity index (χ2v) is 4.87. The van der Waals surface area contributed by atoms with Gasteiger partial charge in [-0.15, -0.1) is 0 Å². The Kier molecular flexibility index (Phi) is 4.50. The molecule has 0 radical (unpaired) electrons. The Morgan fingerprint density at radius 1 is 1.25 bits per heavy atom. The first kappa shape index (κ1) is 14.7. The van der Waals surface area contributed by atoms with E-state index in [2.05, 4.69) is 10.3 Å². The minimum absolute atomic E-state index is 0.436. The van der Waals surface area contributed by atoms with Crippen LogP contribution in [0.25, 0.3) is 0 Å². The molecule has 0 amide bonds. The first-order valence-electron chi connectivity index (χ1n) is 6.79. The molecule has 1 aliphatic heterocycles. The molecule has 20 heavy (non-hydrogen) atoms. The fourth-order valence-electron chi connectivity index (χ4n) is 2.02. The van der Waals surface area contributed by atoms with Crippen molar-refractivity contribution in [3.63, 3.8) is 0 Å². The molecule has 3 rings (SSSR count). The van der Waals surface area contributed by atoms with Crippen molar-refractivity contribution in [2.45, 2.75) is 34.3 Å². The van der Waals surface area contributed by atoms with Gasteiger partial charge in [-0.2, -0.15) is 0 Å². The van der Waals surface area contributed by atoms with E-state index in [1.165, 1.54) is 5.56 Å². The number of halogens is 1. The van der Waals surface area contributed by atoms with Crippen LogP contribution in [0.3, 0.4) is 0 Å². The number of nitrogens with one attached hydrogen (secondary N) is 1. The summed E-state index contributed by atoms with van der Waals surface area (Å²) in [6, 6.07) is 6.03. The van der Waals surface area contributed by atoms with Gasteiger partial charge in [-0.1, -0.05) is 31.5 Å². The Labute approximate surface area is 124 Å². The summed E-state index contributed by atoms with van der Waals surface area (Å²) in [5.41, 5.74) is 3.97. The van der Waals surface area contributed by atoms with Crippen molar-refractivity contribution in [3.05, 3.63) is 46.1 Å². The van der Waals surface area contributed by atoms with Crippen LogP contribution in [0, 0.1) is 13.8 Å². The molecule has 2 heterocycles. The molecule has 106 valence electrons. The van der Waals surface area contributed by atoms with Gasteiger partial charge in [0.1, 0.15) is 18.2 Å². The van der Waals surface area contributed by atoms with E-state index in [9.17, 15) is 0 Å². The molecule has 0 unspecified atom stereocenters. The third-order valence-electron chi connectivity index (χ3n) is 3.04. The van der Waals surface area contributed by atoms with E-state index in [0.29, 0.717) is 6.61 Å². The summed E-state index contributed by atoms with van der Waals surface area (Å²) in [5.74, 6) is 1.60. The fourth-order valence-corrected chi connectivity index (χ4v) is 2.22. The molecule has 1 aromatic heterocycles. The average Bonchev–Trinajstić information content (AvgIpc) is 2.64. The van der Waals surface area contributed by atoms with Gasteiger partial charge < -0.3 is 10.1 Å². The third-order valence-corrected chi connectivity index (χ3v) is 3.57. The van der Waals surface area contributed by atoms with Gasteiger partial charge in [0.05, 0.1) is 16.3 Å². The van der Waals surface area contributed by atoms with Crippen molar-refractivity contribution in [1.82, 2.24) is 4.98 Å². The van der Waals surface area contributed by atoms with Crippen LogP contribution in [-0.2, 0) is 6.61 Å². The van der Waals surface area contributed by atoms with Crippen LogP contribution in [-0.4, -0.2) is 4.98 Å². The van der Waals surface area contributed by atoms with Crippen LogP contribution in [0.15, 0.2) is 24.4 Å². The second-order valence-electron chi connectivity index (χ2n) is 4.50. The van der Waals surface area contributed by atoms with E-state index < -0.39 is 0 Å². The standard InChI is InChI=1S/C14H13ClN2O.C2H6/c1-8-3-4-12-11(5-8)17-14-10(7-18-12)13(15)9(2)6-16-14;1-2/h3-6H,7H2,1-2H3,(H,16,17);1-2H3. The zero-order valence-corrected chi connectivity index (χ0v) is 13.0. The maximum absolute atomic E-state index is 6.30. The molecule has 0 atom stereocenters. The molecular weight excluding hydrogens is 272 g/mol. The highest BCUT2D eigenvalue weighted by Crippen LogP contribution is 2.36. The molecule has 0 fully saturated rings. The van der Waals surface area contributed by atoms with Gasteiger partial charge >= 0.3 is 0 Å². The molecule has 2 aromatic rings. The highest BCUT2D eigenvalue weighted by molar-refractivity contribution is 6.32. The molecule has 1 aliphatic rings. The van der Waals surface area contributed by atoms with Crippen molar-refractivity contribution < 1.29 is 4.74 Å². The Balaban J connectivity index is 0.000000704. The maximum atomic E-state index is 6.30. The number of rotatable bonds is 0. The summed E-state index contributed by atoms with van der Waals surface area (Å²) in [7, 11) is 0. The van der Waals surface area contributed by atoms with Gasteiger partial charge in [-0.25, -0.2) is 4.98 Å². The summed E-state index contributed by atoms with van der Waals surface area (Å²) in [4.78, 5) is 4.39. The number of pyridine rings is 1. The molecule has 1 N–H and O–H groups in total. The van der Waals surface area contributed by atoms with Crippen molar-refractivity contribution in [1.29, 1.82) is 0 Å². The topological polar surface area (TPSA) is 34.2 Å². The predicted octanol–water partition coefficient (Wildman–Crippen LogP) is 5.01. The van der Waals surface area contributed by atoms with E-state index >= 15 is 0 Å². The normalized spacial score (nSPS) is 11.8. The van der Waals surface area contributed by atoms with Gasteiger partial charge in [0, 0.05) is 6.20 Å². The first-order chi connectivity index (χ1) is 9.65. The lowest BCUT2D eigenvalue weighted by Gasteiger charge is -2.09. The third kappa shape index (κ3) is 2.73. The van der Waals surface area contributed by atoms with E-state index in [1.54, 1.807) is 6.20 Å². The highest BCUT2D eigenvalue weighted by Gasteiger charge is 2.18. The lowest BCUT2D eigenvalue weighted by atomic mass is 10.2. The number of hydrogen-bond acceptors (Lipinski definition) is 3. The van der Waals surface area contributed by atoms with E-state index in [-0.39, 0.29) is 0 Å². The number of aromatic nitrogens is 1. The monoisotopic (exact) mass is 290 g/mol. The van der Waals surface area contributed by atoms with Gasteiger partial charge in [0.2, 0.25) is 0 Å². The number of anilines is 2. The Morgan fingerprint density at radius 2 is 2.00 bits per heavy atom. The zero-order chi connectivity index (χ0) is 14.7. The number of nitrogens with zero attached hydrogens (tertiary/aromatic N) is 1. The number of benzene rings is 1. The molecule has 3 nitrogen and oxygen atoms in total. The van der Waals surface area contributed by atoms with Crippen LogP contribution >= 0.6 is 11.6 Å². The number of ether oxygens (including phenoxy) is 1. The van der Waals surface area contributed by atoms with Crippen LogP contribution < -0.4 is 10.1 Å². The lowest BCUT2D eigenvalue weighted by molar-refractivity contribution is 0.310. The van der Waals surface area contributed by atoms with Crippen molar-refractivity contribution in [3.8, 4) is 5.75 Å². The molecular formula is C16H19ClN2O. The number of aryl methyl sites for hydroxylation is 2. The molecule has 0 spiro atoms. The van der Waals surface area contributed by atoms with E-state index in [0.717, 1.165) is 33.4 Å². The number of fused-ring (bicyclic) bond motifs is 2. The average molecular weight is 291 g/mol. The molecule has 0 bridgehead atoms. The molecule has 0 saturated carbocycles. The second kappa shape index (κ2) is 6.14. The van der Waals surface area contributed by atoms with E-state index in [1.807, 2.05) is 45.9 Å². The Bertz CT molecular complexity index is 626. The van der Waals surface area contributed by atoms with Gasteiger partial charge in [0.15, 0.2) is 0 Å². The van der Waals surface area contributed by atoms with E-state index in [4.69, 9.17) is 16.3 Å². The summed E-state index contributed by atoms with van der Waals surface area (Å²) in [6.45, 7) is 8.42. The van der Waals surface area contributed by atoms with Gasteiger partial charge in [-0.05, 0) is 37.1 Å². The quantitative estimate of drug-likeness (QED) is 0.740. The van der Waals surface area contributed by atoms with Gasteiger partial charge in [-0.3, -0.25) is 0 Å². The summed E-state index contributed by atoms with van der Waals surface area (Å²) < 4.78 is 5.78.